The van der Waals surface area contributed by atoms with Gasteiger partial charge in [0, 0.05) is 12.6 Å². The van der Waals surface area contributed by atoms with Crippen LogP contribution in [0.1, 0.15) is 52.4 Å². The molecule has 0 aromatic carbocycles. The van der Waals surface area contributed by atoms with Gasteiger partial charge >= 0.3 is 5.97 Å². The van der Waals surface area contributed by atoms with E-state index in [2.05, 4.69) is 4.90 Å². The van der Waals surface area contributed by atoms with Crippen LogP contribution in [-0.2, 0) is 9.53 Å². The molecule has 106 valence electrons. The molecule has 18 heavy (non-hydrogen) atoms. The number of rotatable bonds is 7. The Morgan fingerprint density at radius 2 is 1.89 bits per heavy atom. The van der Waals surface area contributed by atoms with Gasteiger partial charge in [0.05, 0.1) is 19.3 Å². The van der Waals surface area contributed by atoms with Gasteiger partial charge in [-0.1, -0.05) is 26.7 Å². The van der Waals surface area contributed by atoms with Crippen molar-refractivity contribution >= 4 is 5.97 Å². The van der Waals surface area contributed by atoms with Gasteiger partial charge in [0.25, 0.3) is 0 Å². The molecule has 0 aromatic heterocycles. The quantitative estimate of drug-likeness (QED) is 0.708. The van der Waals surface area contributed by atoms with Crippen molar-refractivity contribution in [3.05, 3.63) is 0 Å². The Kier molecular flexibility index (Phi) is 6.09. The minimum absolute atomic E-state index is 0.212. The first kappa shape index (κ1) is 15.4. The molecule has 1 fully saturated rings. The van der Waals surface area contributed by atoms with Crippen molar-refractivity contribution in [1.29, 1.82) is 0 Å². The Bertz CT molecular complexity index is 258. The Balaban J connectivity index is 2.66. The van der Waals surface area contributed by atoms with Crippen LogP contribution in [-0.4, -0.2) is 47.8 Å². The summed E-state index contributed by atoms with van der Waals surface area (Å²) in [5.74, 6) is -0.212. The van der Waals surface area contributed by atoms with E-state index in [0.29, 0.717) is 32.0 Å². The predicted octanol–water partition coefficient (Wildman–Crippen LogP) is 1.96. The van der Waals surface area contributed by atoms with Gasteiger partial charge in [0.15, 0.2) is 0 Å². The first-order valence-electron chi connectivity index (χ1n) is 7.08. The second-order valence-electron chi connectivity index (χ2n) is 5.35. The Morgan fingerprint density at radius 3 is 2.33 bits per heavy atom. The number of carbonyl (C=O) groups excluding carboxylic acids is 1. The summed E-state index contributed by atoms with van der Waals surface area (Å²) >= 11 is 0. The van der Waals surface area contributed by atoms with E-state index in [-0.39, 0.29) is 5.97 Å². The van der Waals surface area contributed by atoms with Crippen LogP contribution in [0.5, 0.6) is 0 Å². The average molecular weight is 257 g/mol. The zero-order chi connectivity index (χ0) is 13.6. The second kappa shape index (κ2) is 7.10. The minimum Gasteiger partial charge on any atom is -0.468 e. The third kappa shape index (κ3) is 4.25. The summed E-state index contributed by atoms with van der Waals surface area (Å²) in [6, 6.07) is 0.425. The lowest BCUT2D eigenvalue weighted by atomic mass is 9.96. The fourth-order valence-corrected chi connectivity index (χ4v) is 2.67. The van der Waals surface area contributed by atoms with E-state index >= 15 is 0 Å². The zero-order valence-electron chi connectivity index (χ0n) is 11.9. The summed E-state index contributed by atoms with van der Waals surface area (Å²) < 4.78 is 4.76. The number of hydrogen-bond acceptors (Lipinski definition) is 4. The highest BCUT2D eigenvalue weighted by Gasteiger charge is 2.32. The lowest BCUT2D eigenvalue weighted by Crippen LogP contribution is -2.48. The largest absolute Gasteiger partial charge is 0.468 e. The van der Waals surface area contributed by atoms with Crippen molar-refractivity contribution in [3.8, 4) is 0 Å². The molecule has 0 aliphatic heterocycles. The number of hydrogen-bond donors (Lipinski definition) is 1. The number of methoxy groups -OCH3 is 1. The molecular weight excluding hydrogens is 230 g/mol. The number of esters is 1. The molecule has 0 bridgehead atoms. The smallest absolute Gasteiger partial charge is 0.319 e. The predicted molar refractivity (Wildman–Crippen MR) is 71.4 cm³/mol. The summed E-state index contributed by atoms with van der Waals surface area (Å²) in [5.41, 5.74) is -0.684. The van der Waals surface area contributed by atoms with Gasteiger partial charge < -0.3 is 9.84 Å². The van der Waals surface area contributed by atoms with Crippen molar-refractivity contribution in [2.45, 2.75) is 64.0 Å². The topological polar surface area (TPSA) is 49.8 Å². The Hall–Kier alpha value is -0.610. The van der Waals surface area contributed by atoms with Gasteiger partial charge in [-0.2, -0.15) is 0 Å². The maximum atomic E-state index is 11.5. The fraction of sp³-hybridized carbons (Fsp3) is 0.929. The molecule has 0 aromatic rings. The molecule has 0 saturated heterocycles. The Labute approximate surface area is 110 Å². The highest BCUT2D eigenvalue weighted by molar-refractivity contribution is 5.71. The van der Waals surface area contributed by atoms with Gasteiger partial charge in [0.2, 0.25) is 0 Å². The molecule has 0 amide bonds. The maximum Gasteiger partial charge on any atom is 0.319 e. The average Bonchev–Trinajstić information content (AvgIpc) is 2.91. The monoisotopic (exact) mass is 257 g/mol. The highest BCUT2D eigenvalue weighted by atomic mass is 16.5. The van der Waals surface area contributed by atoms with Crippen molar-refractivity contribution < 1.29 is 14.6 Å². The summed E-state index contributed by atoms with van der Waals surface area (Å²) in [6.45, 7) is 4.85. The van der Waals surface area contributed by atoms with E-state index in [1.165, 1.54) is 20.0 Å². The molecule has 1 N–H and O–H groups in total. The zero-order valence-corrected chi connectivity index (χ0v) is 11.9. The first-order valence-corrected chi connectivity index (χ1v) is 7.08. The van der Waals surface area contributed by atoms with Crippen LogP contribution in [0.2, 0.25) is 0 Å². The third-order valence-corrected chi connectivity index (χ3v) is 4.21. The van der Waals surface area contributed by atoms with Crippen molar-refractivity contribution in [2.24, 2.45) is 0 Å². The van der Waals surface area contributed by atoms with Gasteiger partial charge in [0.1, 0.15) is 0 Å². The van der Waals surface area contributed by atoms with Crippen molar-refractivity contribution in [1.82, 2.24) is 4.90 Å². The van der Waals surface area contributed by atoms with Crippen LogP contribution in [0.15, 0.2) is 0 Å². The first-order chi connectivity index (χ1) is 8.54. The van der Waals surface area contributed by atoms with Crippen LogP contribution < -0.4 is 0 Å². The van der Waals surface area contributed by atoms with E-state index in [1.54, 1.807) is 0 Å². The van der Waals surface area contributed by atoms with Crippen LogP contribution in [0, 0.1) is 0 Å². The standard InChI is InChI=1S/C14H27NO3/c1-4-14(17,5-2)11-15(10-13(16)18-3)12-8-6-7-9-12/h12,17H,4-11H2,1-3H3. The molecule has 0 heterocycles. The van der Waals surface area contributed by atoms with Crippen LogP contribution in [0.3, 0.4) is 0 Å². The lowest BCUT2D eigenvalue weighted by molar-refractivity contribution is -0.143. The van der Waals surface area contributed by atoms with Crippen molar-refractivity contribution in [3.63, 3.8) is 0 Å². The molecule has 1 aliphatic rings. The fourth-order valence-electron chi connectivity index (χ4n) is 2.67. The number of carbonyl (C=O) groups is 1. The van der Waals surface area contributed by atoms with E-state index in [1.807, 2.05) is 13.8 Å². The van der Waals surface area contributed by atoms with Crippen LogP contribution in [0.25, 0.3) is 0 Å². The SMILES string of the molecule is CCC(O)(CC)CN(CC(=O)OC)C1CCCC1. The van der Waals surface area contributed by atoms with Crippen LogP contribution >= 0.6 is 0 Å². The van der Waals surface area contributed by atoms with Gasteiger partial charge in [-0.25, -0.2) is 0 Å². The van der Waals surface area contributed by atoms with Gasteiger partial charge in [-0.15, -0.1) is 0 Å². The normalized spacial score (nSPS) is 17.4. The van der Waals surface area contributed by atoms with E-state index in [9.17, 15) is 9.90 Å². The van der Waals surface area contributed by atoms with E-state index in [4.69, 9.17) is 4.74 Å². The summed E-state index contributed by atoms with van der Waals surface area (Å²) in [4.78, 5) is 13.6. The molecule has 1 rings (SSSR count). The summed E-state index contributed by atoms with van der Waals surface area (Å²) in [6.07, 6.45) is 6.13. The number of aliphatic hydroxyl groups is 1. The second-order valence-corrected chi connectivity index (χ2v) is 5.35. The number of nitrogens with zero attached hydrogens (tertiary/aromatic N) is 1. The Morgan fingerprint density at radius 1 is 1.33 bits per heavy atom. The lowest BCUT2D eigenvalue weighted by Gasteiger charge is -2.35. The maximum absolute atomic E-state index is 11.5. The highest BCUT2D eigenvalue weighted by Crippen LogP contribution is 2.26. The van der Waals surface area contributed by atoms with E-state index in [0.717, 1.165) is 12.8 Å². The minimum atomic E-state index is -0.684. The summed E-state index contributed by atoms with van der Waals surface area (Å²) in [7, 11) is 1.42. The van der Waals surface area contributed by atoms with Crippen LogP contribution in [0.4, 0.5) is 0 Å². The summed E-state index contributed by atoms with van der Waals surface area (Å²) in [5, 5.41) is 10.5. The molecule has 1 saturated carbocycles. The third-order valence-electron chi connectivity index (χ3n) is 4.21. The molecule has 0 atom stereocenters. The molecule has 0 spiro atoms. The molecule has 0 unspecified atom stereocenters. The number of ether oxygens (including phenoxy) is 1. The molecule has 4 heteroatoms. The molecule has 4 nitrogen and oxygen atoms in total. The molecule has 1 aliphatic carbocycles. The molecular formula is C14H27NO3. The van der Waals surface area contributed by atoms with Crippen molar-refractivity contribution in [2.75, 3.05) is 20.2 Å². The van der Waals surface area contributed by atoms with E-state index < -0.39 is 5.60 Å². The van der Waals surface area contributed by atoms with Gasteiger partial charge in [-0.05, 0) is 25.7 Å². The van der Waals surface area contributed by atoms with Gasteiger partial charge in [-0.3, -0.25) is 9.69 Å². The molecule has 0 radical (unpaired) electrons.